The van der Waals surface area contributed by atoms with Crippen molar-refractivity contribution in [1.82, 2.24) is 25.1 Å². The molecule has 132 valence electrons. The lowest BCUT2D eigenvalue weighted by molar-refractivity contribution is 0.0655. The molecule has 26 heavy (non-hydrogen) atoms. The summed E-state index contributed by atoms with van der Waals surface area (Å²) in [5.41, 5.74) is 0.982. The third-order valence-electron chi connectivity index (χ3n) is 4.02. The highest BCUT2D eigenvalue weighted by Crippen LogP contribution is 2.23. The standard InChI is InChI=1S/C17H15N5O2S2/c23-15-13-6-1-2-7-14(13)16(24)21(15)8-4-10-26-17-18-19-20-22(17)11-12-5-3-9-25-12/h1-3,5-7,9H,4,8,10-11H2. The van der Waals surface area contributed by atoms with Crippen LogP contribution >= 0.6 is 23.1 Å². The van der Waals surface area contributed by atoms with Crippen molar-refractivity contribution < 1.29 is 9.59 Å². The molecule has 0 atom stereocenters. The van der Waals surface area contributed by atoms with Crippen molar-refractivity contribution in [3.05, 3.63) is 57.8 Å². The van der Waals surface area contributed by atoms with Crippen LogP contribution in [0.2, 0.25) is 0 Å². The Hall–Kier alpha value is -2.52. The van der Waals surface area contributed by atoms with E-state index in [0.29, 0.717) is 30.6 Å². The van der Waals surface area contributed by atoms with E-state index < -0.39 is 0 Å². The Morgan fingerprint density at radius 3 is 2.50 bits per heavy atom. The van der Waals surface area contributed by atoms with Gasteiger partial charge < -0.3 is 0 Å². The van der Waals surface area contributed by atoms with E-state index in [9.17, 15) is 9.59 Å². The summed E-state index contributed by atoms with van der Waals surface area (Å²) in [4.78, 5) is 27.2. The summed E-state index contributed by atoms with van der Waals surface area (Å²) in [5.74, 6) is 0.300. The summed E-state index contributed by atoms with van der Waals surface area (Å²) in [6.07, 6.45) is 0.683. The largest absolute Gasteiger partial charge is 0.274 e. The summed E-state index contributed by atoms with van der Waals surface area (Å²) in [7, 11) is 0. The topological polar surface area (TPSA) is 81.0 Å². The molecule has 0 saturated carbocycles. The molecule has 3 heterocycles. The number of hydrogen-bond acceptors (Lipinski definition) is 7. The molecule has 0 radical (unpaired) electrons. The number of fused-ring (bicyclic) bond motifs is 1. The van der Waals surface area contributed by atoms with Crippen LogP contribution in [0.1, 0.15) is 32.0 Å². The first-order valence-electron chi connectivity index (χ1n) is 8.10. The lowest BCUT2D eigenvalue weighted by Crippen LogP contribution is -2.31. The van der Waals surface area contributed by atoms with Crippen LogP contribution in [0.3, 0.4) is 0 Å². The van der Waals surface area contributed by atoms with Crippen molar-refractivity contribution >= 4 is 34.9 Å². The summed E-state index contributed by atoms with van der Waals surface area (Å²) in [5, 5.41) is 14.6. The highest BCUT2D eigenvalue weighted by Gasteiger charge is 2.34. The van der Waals surface area contributed by atoms with Gasteiger partial charge in [0.1, 0.15) is 0 Å². The molecule has 0 fully saturated rings. The predicted octanol–water partition coefficient (Wildman–Crippen LogP) is 2.56. The lowest BCUT2D eigenvalue weighted by Gasteiger charge is -2.13. The summed E-state index contributed by atoms with van der Waals surface area (Å²) >= 11 is 3.19. The van der Waals surface area contributed by atoms with Crippen LogP contribution in [0, 0.1) is 0 Å². The van der Waals surface area contributed by atoms with Gasteiger partial charge in [0.05, 0.1) is 17.7 Å². The molecule has 9 heteroatoms. The van der Waals surface area contributed by atoms with Crippen LogP contribution in [0.25, 0.3) is 0 Å². The molecule has 0 saturated heterocycles. The molecule has 0 bridgehead atoms. The first-order chi connectivity index (χ1) is 12.7. The van der Waals surface area contributed by atoms with E-state index in [1.54, 1.807) is 40.3 Å². The van der Waals surface area contributed by atoms with Crippen LogP contribution < -0.4 is 0 Å². The number of benzene rings is 1. The van der Waals surface area contributed by atoms with E-state index in [0.717, 1.165) is 10.9 Å². The maximum Gasteiger partial charge on any atom is 0.261 e. The first kappa shape index (κ1) is 16.9. The molecule has 0 aliphatic carbocycles. The lowest BCUT2D eigenvalue weighted by atomic mass is 10.1. The Labute approximate surface area is 158 Å². The fourth-order valence-electron chi connectivity index (χ4n) is 2.78. The summed E-state index contributed by atoms with van der Waals surface area (Å²) in [6.45, 7) is 1.04. The van der Waals surface area contributed by atoms with Gasteiger partial charge >= 0.3 is 0 Å². The van der Waals surface area contributed by atoms with Gasteiger partial charge in [0, 0.05) is 17.2 Å². The van der Waals surface area contributed by atoms with Crippen LogP contribution in [-0.2, 0) is 6.54 Å². The molecule has 7 nitrogen and oxygen atoms in total. The van der Waals surface area contributed by atoms with E-state index in [-0.39, 0.29) is 11.8 Å². The number of carbonyl (C=O) groups excluding carboxylic acids is 2. The zero-order valence-electron chi connectivity index (χ0n) is 13.7. The van der Waals surface area contributed by atoms with Gasteiger partial charge in [0.25, 0.3) is 11.8 Å². The van der Waals surface area contributed by atoms with Crippen LogP contribution in [-0.4, -0.2) is 49.2 Å². The number of tetrazole rings is 1. The fourth-order valence-corrected chi connectivity index (χ4v) is 4.26. The molecular weight excluding hydrogens is 370 g/mol. The van der Waals surface area contributed by atoms with Crippen molar-refractivity contribution in [3.63, 3.8) is 0 Å². The molecule has 2 amide bonds. The molecule has 3 aromatic rings. The number of aromatic nitrogens is 4. The highest BCUT2D eigenvalue weighted by molar-refractivity contribution is 7.99. The Morgan fingerprint density at radius 1 is 1.04 bits per heavy atom. The Bertz CT molecular complexity index is 903. The number of thioether (sulfide) groups is 1. The van der Waals surface area contributed by atoms with Crippen molar-refractivity contribution in [1.29, 1.82) is 0 Å². The number of hydrogen-bond donors (Lipinski definition) is 0. The van der Waals surface area contributed by atoms with E-state index in [2.05, 4.69) is 15.5 Å². The Balaban J connectivity index is 1.31. The van der Waals surface area contributed by atoms with Crippen molar-refractivity contribution in [2.24, 2.45) is 0 Å². The predicted molar refractivity (Wildman–Crippen MR) is 98.4 cm³/mol. The minimum Gasteiger partial charge on any atom is -0.274 e. The molecule has 0 unspecified atom stereocenters. The molecule has 2 aromatic heterocycles. The second-order valence-corrected chi connectivity index (χ2v) is 7.80. The van der Waals surface area contributed by atoms with Gasteiger partial charge in [-0.3, -0.25) is 14.5 Å². The monoisotopic (exact) mass is 385 g/mol. The number of nitrogens with zero attached hydrogens (tertiary/aromatic N) is 5. The number of thiophene rings is 1. The molecule has 0 N–H and O–H groups in total. The van der Waals surface area contributed by atoms with Crippen molar-refractivity contribution in [3.8, 4) is 0 Å². The third kappa shape index (κ3) is 3.27. The zero-order chi connectivity index (χ0) is 17.9. The quantitative estimate of drug-likeness (QED) is 0.353. The second-order valence-electron chi connectivity index (χ2n) is 5.71. The van der Waals surface area contributed by atoms with Gasteiger partial charge in [-0.05, 0) is 40.4 Å². The number of amides is 2. The maximum atomic E-state index is 12.3. The molecule has 4 rings (SSSR count). The molecule has 0 spiro atoms. The van der Waals surface area contributed by atoms with Gasteiger partial charge in [-0.1, -0.05) is 30.0 Å². The average molecular weight is 385 g/mol. The Morgan fingerprint density at radius 2 is 1.81 bits per heavy atom. The number of rotatable bonds is 7. The van der Waals surface area contributed by atoms with Gasteiger partial charge in [-0.2, -0.15) is 0 Å². The van der Waals surface area contributed by atoms with Crippen molar-refractivity contribution in [2.45, 2.75) is 18.1 Å². The highest BCUT2D eigenvalue weighted by atomic mass is 32.2. The van der Waals surface area contributed by atoms with Crippen LogP contribution in [0.4, 0.5) is 0 Å². The van der Waals surface area contributed by atoms with E-state index in [4.69, 9.17) is 0 Å². The van der Waals surface area contributed by atoms with Gasteiger partial charge in [0.2, 0.25) is 5.16 Å². The minimum atomic E-state index is -0.210. The maximum absolute atomic E-state index is 12.3. The summed E-state index contributed by atoms with van der Waals surface area (Å²) in [6, 6.07) is 11.0. The smallest absolute Gasteiger partial charge is 0.261 e. The third-order valence-corrected chi connectivity index (χ3v) is 5.92. The minimum absolute atomic E-state index is 0.210. The zero-order valence-corrected chi connectivity index (χ0v) is 15.4. The van der Waals surface area contributed by atoms with Crippen LogP contribution in [0.15, 0.2) is 46.9 Å². The second kappa shape index (κ2) is 7.38. The van der Waals surface area contributed by atoms with E-state index >= 15 is 0 Å². The average Bonchev–Trinajstić information content (AvgIpc) is 3.37. The number of carbonyl (C=O) groups is 2. The first-order valence-corrected chi connectivity index (χ1v) is 9.97. The molecule has 1 aliphatic rings. The SMILES string of the molecule is O=C1c2ccccc2C(=O)N1CCCSc1nnnn1Cc1cccs1. The summed E-state index contributed by atoms with van der Waals surface area (Å²) < 4.78 is 1.76. The fraction of sp³-hybridized carbons (Fsp3) is 0.235. The van der Waals surface area contributed by atoms with Gasteiger partial charge in [-0.25, -0.2) is 4.68 Å². The van der Waals surface area contributed by atoms with Crippen molar-refractivity contribution in [2.75, 3.05) is 12.3 Å². The number of imide groups is 1. The molecule has 1 aliphatic heterocycles. The Kier molecular flexibility index (Phi) is 4.81. The van der Waals surface area contributed by atoms with E-state index in [1.165, 1.54) is 21.5 Å². The van der Waals surface area contributed by atoms with Gasteiger partial charge in [-0.15, -0.1) is 16.4 Å². The normalized spacial score (nSPS) is 13.5. The molecular formula is C17H15N5O2S2. The van der Waals surface area contributed by atoms with Crippen LogP contribution in [0.5, 0.6) is 0 Å². The van der Waals surface area contributed by atoms with E-state index in [1.807, 2.05) is 17.5 Å². The molecule has 1 aromatic carbocycles. The van der Waals surface area contributed by atoms with Gasteiger partial charge in [0.15, 0.2) is 0 Å².